The molecule has 2 N–H and O–H groups in total. The van der Waals surface area contributed by atoms with Gasteiger partial charge in [0, 0.05) is 28.2 Å². The van der Waals surface area contributed by atoms with Crippen molar-refractivity contribution in [3.05, 3.63) is 82.0 Å². The summed E-state index contributed by atoms with van der Waals surface area (Å²) in [6.07, 6.45) is 2.76. The van der Waals surface area contributed by atoms with Crippen molar-refractivity contribution in [2.75, 3.05) is 0 Å². The molecule has 0 radical (unpaired) electrons. The van der Waals surface area contributed by atoms with Gasteiger partial charge in [-0.25, -0.2) is 0 Å². The highest BCUT2D eigenvalue weighted by atomic mass is 79.9. The second-order valence-corrected chi connectivity index (χ2v) is 6.65. The summed E-state index contributed by atoms with van der Waals surface area (Å²) in [6.45, 7) is 0. The van der Waals surface area contributed by atoms with Crippen molar-refractivity contribution >= 4 is 27.6 Å². The topological polar surface area (TPSA) is 58.2 Å². The average molecular weight is 385 g/mol. The van der Waals surface area contributed by atoms with Crippen LogP contribution in [0.4, 0.5) is 0 Å². The fourth-order valence-corrected chi connectivity index (χ4v) is 3.02. The molecule has 24 heavy (non-hydrogen) atoms. The average Bonchev–Trinajstić information content (AvgIpc) is 2.60. The minimum Gasteiger partial charge on any atom is -0.302 e. The van der Waals surface area contributed by atoms with Crippen molar-refractivity contribution in [1.82, 2.24) is 10.9 Å². The van der Waals surface area contributed by atoms with Crippen molar-refractivity contribution in [3.63, 3.8) is 0 Å². The first-order chi connectivity index (χ1) is 11.6. The van der Waals surface area contributed by atoms with Gasteiger partial charge in [0.25, 0.3) is 5.91 Å². The molecule has 3 rings (SSSR count). The lowest BCUT2D eigenvalue weighted by molar-refractivity contribution is -0.115. The minimum atomic E-state index is -0.238. The highest BCUT2D eigenvalue weighted by molar-refractivity contribution is 9.10. The quantitative estimate of drug-likeness (QED) is 0.789. The molecule has 0 unspecified atom stereocenters. The van der Waals surface area contributed by atoms with E-state index in [0.717, 1.165) is 15.7 Å². The zero-order valence-electron chi connectivity index (χ0n) is 13.0. The van der Waals surface area contributed by atoms with Crippen molar-refractivity contribution in [2.45, 2.75) is 18.8 Å². The fraction of sp³-hybridized carbons (Fsp3) is 0.158. The van der Waals surface area contributed by atoms with E-state index >= 15 is 0 Å². The summed E-state index contributed by atoms with van der Waals surface area (Å²) in [4.78, 5) is 24.1. The smallest absolute Gasteiger partial charge is 0.269 e. The van der Waals surface area contributed by atoms with Gasteiger partial charge in [0.05, 0.1) is 0 Å². The normalized spacial score (nSPS) is 17.1. The van der Waals surface area contributed by atoms with Gasteiger partial charge in [0.15, 0.2) is 5.78 Å². The zero-order valence-corrected chi connectivity index (χ0v) is 14.5. The van der Waals surface area contributed by atoms with Gasteiger partial charge >= 0.3 is 0 Å². The van der Waals surface area contributed by atoms with Gasteiger partial charge < -0.3 is 5.43 Å². The van der Waals surface area contributed by atoms with E-state index in [4.69, 9.17) is 0 Å². The molecule has 0 aliphatic heterocycles. The largest absolute Gasteiger partial charge is 0.302 e. The third kappa shape index (κ3) is 4.11. The number of nitrogens with one attached hydrogen (secondary N) is 2. The summed E-state index contributed by atoms with van der Waals surface area (Å²) < 4.78 is 0.915. The summed E-state index contributed by atoms with van der Waals surface area (Å²) >= 11 is 3.34. The van der Waals surface area contributed by atoms with Crippen LogP contribution in [0.3, 0.4) is 0 Å². The number of rotatable bonds is 4. The van der Waals surface area contributed by atoms with E-state index < -0.39 is 0 Å². The highest BCUT2D eigenvalue weighted by Crippen LogP contribution is 2.30. The predicted molar refractivity (Wildman–Crippen MR) is 96.3 cm³/mol. The Bertz CT molecular complexity index is 770. The monoisotopic (exact) mass is 384 g/mol. The predicted octanol–water partition coefficient (Wildman–Crippen LogP) is 3.71. The number of allylic oxidation sites excluding steroid dienone is 2. The number of ketones is 1. The van der Waals surface area contributed by atoms with E-state index in [9.17, 15) is 9.59 Å². The molecule has 122 valence electrons. The first-order valence-electron chi connectivity index (χ1n) is 7.72. The highest BCUT2D eigenvalue weighted by Gasteiger charge is 2.22. The number of amides is 1. The number of benzene rings is 2. The Balaban J connectivity index is 1.63. The zero-order chi connectivity index (χ0) is 16.9. The molecule has 1 aliphatic rings. The molecule has 1 atom stereocenters. The number of carbonyl (C=O) groups excluding carboxylic acids is 2. The molecular weight excluding hydrogens is 368 g/mol. The van der Waals surface area contributed by atoms with E-state index in [-0.39, 0.29) is 17.6 Å². The van der Waals surface area contributed by atoms with Crippen LogP contribution in [-0.4, -0.2) is 11.7 Å². The van der Waals surface area contributed by atoms with E-state index in [0.29, 0.717) is 18.4 Å². The summed E-state index contributed by atoms with van der Waals surface area (Å²) in [5.74, 6) is -0.0380. The summed E-state index contributed by atoms with van der Waals surface area (Å²) in [5.41, 5.74) is 7.96. The van der Waals surface area contributed by atoms with Gasteiger partial charge in [-0.3, -0.25) is 15.0 Å². The first kappa shape index (κ1) is 16.5. The Kier molecular flexibility index (Phi) is 5.11. The maximum atomic E-state index is 12.1. The van der Waals surface area contributed by atoms with E-state index in [1.54, 1.807) is 18.2 Å². The molecule has 5 heteroatoms. The molecule has 2 aromatic carbocycles. The van der Waals surface area contributed by atoms with Gasteiger partial charge in [0.1, 0.15) is 0 Å². The first-order valence-corrected chi connectivity index (χ1v) is 8.51. The molecule has 1 amide bonds. The molecule has 0 heterocycles. The van der Waals surface area contributed by atoms with Crippen molar-refractivity contribution in [3.8, 4) is 0 Å². The van der Waals surface area contributed by atoms with Crippen LogP contribution < -0.4 is 10.9 Å². The van der Waals surface area contributed by atoms with E-state index in [1.165, 1.54) is 0 Å². The maximum absolute atomic E-state index is 12.1. The standard InChI is InChI=1S/C19H17BrN2O2/c20-16-8-6-14(7-9-16)19(24)22-21-17-10-15(11-18(23)12-17)13-4-2-1-3-5-13/h1-9,12,15,21H,10-11H2,(H,22,24)/t15-/m1/s1. The van der Waals surface area contributed by atoms with Crippen molar-refractivity contribution in [1.29, 1.82) is 0 Å². The molecule has 0 bridgehead atoms. The molecule has 1 aliphatic carbocycles. The third-order valence-corrected chi connectivity index (χ3v) is 4.49. The Morgan fingerprint density at radius 2 is 1.71 bits per heavy atom. The van der Waals surface area contributed by atoms with Crippen LogP contribution in [0.25, 0.3) is 0 Å². The van der Waals surface area contributed by atoms with E-state index in [1.807, 2.05) is 42.5 Å². The van der Waals surface area contributed by atoms with Crippen LogP contribution in [-0.2, 0) is 4.79 Å². The summed E-state index contributed by atoms with van der Waals surface area (Å²) in [6, 6.07) is 17.0. The number of hydrogen-bond donors (Lipinski definition) is 2. The Morgan fingerprint density at radius 1 is 1.00 bits per heavy atom. The van der Waals surface area contributed by atoms with Crippen LogP contribution in [0.1, 0.15) is 34.7 Å². The van der Waals surface area contributed by atoms with Gasteiger partial charge in [-0.2, -0.15) is 0 Å². The Hall–Kier alpha value is -2.40. The van der Waals surface area contributed by atoms with Crippen LogP contribution in [0.5, 0.6) is 0 Å². The Morgan fingerprint density at radius 3 is 2.42 bits per heavy atom. The van der Waals surface area contributed by atoms with Crippen molar-refractivity contribution in [2.24, 2.45) is 0 Å². The maximum Gasteiger partial charge on any atom is 0.269 e. The second-order valence-electron chi connectivity index (χ2n) is 5.74. The van der Waals surface area contributed by atoms with Gasteiger partial charge in [-0.05, 0) is 42.2 Å². The lowest BCUT2D eigenvalue weighted by atomic mass is 9.86. The minimum absolute atomic E-state index is 0.0653. The number of hydrogen-bond acceptors (Lipinski definition) is 3. The Labute approximate surface area is 149 Å². The molecule has 0 saturated carbocycles. The molecule has 0 saturated heterocycles. The molecule has 0 aromatic heterocycles. The van der Waals surface area contributed by atoms with Crippen molar-refractivity contribution < 1.29 is 9.59 Å². The van der Waals surface area contributed by atoms with Gasteiger partial charge in [-0.15, -0.1) is 0 Å². The van der Waals surface area contributed by atoms with Crippen LogP contribution in [0, 0.1) is 0 Å². The summed E-state index contributed by atoms with van der Waals surface area (Å²) in [7, 11) is 0. The van der Waals surface area contributed by atoms with Crippen LogP contribution in [0.2, 0.25) is 0 Å². The number of carbonyl (C=O) groups is 2. The molecular formula is C19H17BrN2O2. The number of hydrazine groups is 1. The number of halogens is 1. The second kappa shape index (κ2) is 7.45. The van der Waals surface area contributed by atoms with Gasteiger partial charge in [0.2, 0.25) is 0 Å². The summed E-state index contributed by atoms with van der Waals surface area (Å²) in [5, 5.41) is 0. The molecule has 0 spiro atoms. The molecule has 4 nitrogen and oxygen atoms in total. The molecule has 0 fully saturated rings. The lowest BCUT2D eigenvalue weighted by Gasteiger charge is -2.23. The van der Waals surface area contributed by atoms with E-state index in [2.05, 4.69) is 26.8 Å². The van der Waals surface area contributed by atoms with Crippen LogP contribution >= 0.6 is 15.9 Å². The molecule has 2 aromatic rings. The third-order valence-electron chi connectivity index (χ3n) is 3.96. The lowest BCUT2D eigenvalue weighted by Crippen LogP contribution is -2.38. The van der Waals surface area contributed by atoms with Gasteiger partial charge in [-0.1, -0.05) is 46.3 Å². The fourth-order valence-electron chi connectivity index (χ4n) is 2.75. The van der Waals surface area contributed by atoms with Crippen LogP contribution in [0.15, 0.2) is 70.8 Å². The SMILES string of the molecule is O=C1C=C(NNC(=O)c2ccc(Br)cc2)C[C@@H](c2ccccc2)C1.